The third kappa shape index (κ3) is 7.65. The SMILES string of the molecule is CNC(=O)[C@@H](Cc1ccccc1)N(Cc1ccccc1Cl)C(=O)CCSCc1ccccc1. The highest BCUT2D eigenvalue weighted by Gasteiger charge is 2.29. The number of halogens is 1. The van der Waals surface area contributed by atoms with Crippen molar-refractivity contribution in [2.45, 2.75) is 31.2 Å². The molecule has 0 saturated heterocycles. The molecule has 3 aromatic carbocycles. The van der Waals surface area contributed by atoms with Gasteiger partial charge in [-0.25, -0.2) is 0 Å². The van der Waals surface area contributed by atoms with Crippen molar-refractivity contribution in [3.8, 4) is 0 Å². The predicted molar refractivity (Wildman–Crippen MR) is 137 cm³/mol. The standard InChI is InChI=1S/C27H29ClN2O2S/c1-29-27(32)25(18-21-10-4-2-5-11-21)30(19-23-14-8-9-15-24(23)28)26(31)16-17-33-20-22-12-6-3-7-13-22/h2-15,25H,16-20H2,1H3,(H,29,32)/t25-/m1/s1. The molecule has 0 radical (unpaired) electrons. The van der Waals surface area contributed by atoms with Crippen LogP contribution in [0.2, 0.25) is 5.02 Å². The first-order valence-electron chi connectivity index (χ1n) is 11.0. The van der Waals surface area contributed by atoms with Crippen LogP contribution in [0, 0.1) is 0 Å². The second kappa shape index (κ2) is 13.1. The van der Waals surface area contributed by atoms with Gasteiger partial charge in [-0.2, -0.15) is 11.8 Å². The van der Waals surface area contributed by atoms with Crippen LogP contribution in [0.3, 0.4) is 0 Å². The average molecular weight is 481 g/mol. The maximum atomic E-state index is 13.4. The van der Waals surface area contributed by atoms with E-state index in [4.69, 9.17) is 11.6 Å². The molecule has 0 fully saturated rings. The molecule has 0 aromatic heterocycles. The van der Waals surface area contributed by atoms with Gasteiger partial charge in [0.2, 0.25) is 11.8 Å². The number of carbonyl (C=O) groups excluding carboxylic acids is 2. The Labute approximate surface area is 205 Å². The number of hydrogen-bond acceptors (Lipinski definition) is 3. The van der Waals surface area contributed by atoms with E-state index >= 15 is 0 Å². The Morgan fingerprint density at radius 1 is 0.909 bits per heavy atom. The zero-order chi connectivity index (χ0) is 23.5. The molecule has 2 amide bonds. The summed E-state index contributed by atoms with van der Waals surface area (Å²) in [5.74, 6) is 1.29. The highest BCUT2D eigenvalue weighted by Crippen LogP contribution is 2.22. The number of nitrogens with zero attached hydrogens (tertiary/aromatic N) is 1. The van der Waals surface area contributed by atoms with Crippen LogP contribution in [0.1, 0.15) is 23.1 Å². The maximum absolute atomic E-state index is 13.4. The fraction of sp³-hybridized carbons (Fsp3) is 0.259. The lowest BCUT2D eigenvalue weighted by molar-refractivity contribution is -0.140. The number of rotatable bonds is 11. The molecule has 0 saturated carbocycles. The monoisotopic (exact) mass is 480 g/mol. The van der Waals surface area contributed by atoms with Gasteiger partial charge in [-0.15, -0.1) is 0 Å². The molecule has 3 aromatic rings. The Balaban J connectivity index is 1.76. The minimum Gasteiger partial charge on any atom is -0.357 e. The maximum Gasteiger partial charge on any atom is 0.242 e. The number of likely N-dealkylation sites (N-methyl/N-ethyl adjacent to an activating group) is 1. The fourth-order valence-electron chi connectivity index (χ4n) is 3.60. The number of benzene rings is 3. The van der Waals surface area contributed by atoms with Crippen molar-refractivity contribution in [1.29, 1.82) is 0 Å². The van der Waals surface area contributed by atoms with Crippen molar-refractivity contribution in [2.75, 3.05) is 12.8 Å². The number of thioether (sulfide) groups is 1. The summed E-state index contributed by atoms with van der Waals surface area (Å²) in [6.07, 6.45) is 0.790. The third-order valence-electron chi connectivity index (χ3n) is 5.39. The molecule has 0 unspecified atom stereocenters. The molecular weight excluding hydrogens is 452 g/mol. The van der Waals surface area contributed by atoms with E-state index in [9.17, 15) is 9.59 Å². The largest absolute Gasteiger partial charge is 0.357 e. The predicted octanol–water partition coefficient (Wildman–Crippen LogP) is 5.35. The zero-order valence-corrected chi connectivity index (χ0v) is 20.3. The van der Waals surface area contributed by atoms with E-state index in [1.165, 1.54) is 5.56 Å². The number of amides is 2. The fourth-order valence-corrected chi connectivity index (χ4v) is 4.69. The quantitative estimate of drug-likeness (QED) is 0.376. The van der Waals surface area contributed by atoms with Gasteiger partial charge < -0.3 is 10.2 Å². The van der Waals surface area contributed by atoms with E-state index in [1.807, 2.05) is 66.7 Å². The smallest absolute Gasteiger partial charge is 0.242 e. The Morgan fingerprint density at radius 2 is 1.52 bits per heavy atom. The Morgan fingerprint density at radius 3 is 2.15 bits per heavy atom. The molecule has 172 valence electrons. The summed E-state index contributed by atoms with van der Waals surface area (Å²) in [4.78, 5) is 28.0. The van der Waals surface area contributed by atoms with Crippen LogP contribution in [-0.4, -0.2) is 35.6 Å². The van der Waals surface area contributed by atoms with Gasteiger partial charge >= 0.3 is 0 Å². The first-order chi connectivity index (χ1) is 16.1. The lowest BCUT2D eigenvalue weighted by atomic mass is 10.0. The molecule has 33 heavy (non-hydrogen) atoms. The minimum atomic E-state index is -0.625. The molecule has 1 atom stereocenters. The second-order valence-corrected chi connectivity index (χ2v) is 9.23. The van der Waals surface area contributed by atoms with Gasteiger partial charge in [0, 0.05) is 43.0 Å². The van der Waals surface area contributed by atoms with E-state index in [1.54, 1.807) is 29.8 Å². The van der Waals surface area contributed by atoms with Crippen LogP contribution in [0.4, 0.5) is 0 Å². The van der Waals surface area contributed by atoms with Crippen LogP contribution in [-0.2, 0) is 28.3 Å². The molecule has 0 spiro atoms. The minimum absolute atomic E-state index is 0.0555. The highest BCUT2D eigenvalue weighted by molar-refractivity contribution is 7.98. The molecule has 3 rings (SSSR count). The van der Waals surface area contributed by atoms with Crippen molar-refractivity contribution in [1.82, 2.24) is 10.2 Å². The van der Waals surface area contributed by atoms with Crippen LogP contribution in [0.15, 0.2) is 84.9 Å². The van der Waals surface area contributed by atoms with E-state index in [2.05, 4.69) is 17.4 Å². The van der Waals surface area contributed by atoms with Gasteiger partial charge in [-0.1, -0.05) is 90.5 Å². The normalized spacial score (nSPS) is 11.6. The van der Waals surface area contributed by atoms with Gasteiger partial charge in [-0.05, 0) is 22.8 Å². The average Bonchev–Trinajstić information content (AvgIpc) is 2.85. The van der Waals surface area contributed by atoms with Crippen molar-refractivity contribution in [3.05, 3.63) is 107 Å². The van der Waals surface area contributed by atoms with Crippen molar-refractivity contribution in [2.24, 2.45) is 0 Å². The molecule has 4 nitrogen and oxygen atoms in total. The van der Waals surface area contributed by atoms with E-state index < -0.39 is 6.04 Å². The molecule has 0 bridgehead atoms. The van der Waals surface area contributed by atoms with Crippen molar-refractivity contribution < 1.29 is 9.59 Å². The second-order valence-electron chi connectivity index (χ2n) is 7.72. The van der Waals surface area contributed by atoms with Gasteiger partial charge in [0.25, 0.3) is 0 Å². The van der Waals surface area contributed by atoms with Gasteiger partial charge in [-0.3, -0.25) is 9.59 Å². The number of hydrogen-bond donors (Lipinski definition) is 1. The lowest BCUT2D eigenvalue weighted by Gasteiger charge is -2.31. The molecule has 0 aliphatic rings. The summed E-state index contributed by atoms with van der Waals surface area (Å²) in [5, 5.41) is 3.33. The number of nitrogens with one attached hydrogen (secondary N) is 1. The lowest BCUT2D eigenvalue weighted by Crippen LogP contribution is -2.49. The Kier molecular flexibility index (Phi) is 9.85. The Hall–Kier alpha value is -2.76. The summed E-state index contributed by atoms with van der Waals surface area (Å²) in [6, 6.07) is 26.8. The molecule has 1 N–H and O–H groups in total. The van der Waals surface area contributed by atoms with Gasteiger partial charge in [0.05, 0.1) is 0 Å². The van der Waals surface area contributed by atoms with Crippen LogP contribution in [0.25, 0.3) is 0 Å². The Bertz CT molecular complexity index is 1030. The molecular formula is C27H29ClN2O2S. The van der Waals surface area contributed by atoms with E-state index in [0.29, 0.717) is 23.6 Å². The molecule has 0 aliphatic carbocycles. The first-order valence-corrected chi connectivity index (χ1v) is 12.5. The summed E-state index contributed by atoms with van der Waals surface area (Å²) in [6.45, 7) is 0.285. The summed E-state index contributed by atoms with van der Waals surface area (Å²) in [7, 11) is 1.61. The number of carbonyl (C=O) groups is 2. The van der Waals surface area contributed by atoms with Crippen molar-refractivity contribution in [3.63, 3.8) is 0 Å². The van der Waals surface area contributed by atoms with Crippen LogP contribution >= 0.6 is 23.4 Å². The first kappa shape index (κ1) is 24.9. The van der Waals surface area contributed by atoms with Crippen molar-refractivity contribution >= 4 is 35.2 Å². The van der Waals surface area contributed by atoms with Gasteiger partial charge in [0.15, 0.2) is 0 Å². The van der Waals surface area contributed by atoms with Crippen LogP contribution in [0.5, 0.6) is 0 Å². The zero-order valence-electron chi connectivity index (χ0n) is 18.7. The highest BCUT2D eigenvalue weighted by atomic mass is 35.5. The topological polar surface area (TPSA) is 49.4 Å². The van der Waals surface area contributed by atoms with Gasteiger partial charge in [0.1, 0.15) is 6.04 Å². The van der Waals surface area contributed by atoms with Crippen LogP contribution < -0.4 is 5.32 Å². The van der Waals surface area contributed by atoms with E-state index in [0.717, 1.165) is 16.9 Å². The third-order valence-corrected chi connectivity index (χ3v) is 6.79. The summed E-state index contributed by atoms with van der Waals surface area (Å²) < 4.78 is 0. The molecule has 0 heterocycles. The van der Waals surface area contributed by atoms with E-state index in [-0.39, 0.29) is 18.4 Å². The summed E-state index contributed by atoms with van der Waals surface area (Å²) >= 11 is 8.12. The summed E-state index contributed by atoms with van der Waals surface area (Å²) in [5.41, 5.74) is 3.06. The molecule has 6 heteroatoms. The molecule has 0 aliphatic heterocycles.